The Morgan fingerprint density at radius 3 is 2.80 bits per heavy atom. The van der Waals surface area contributed by atoms with E-state index in [1.165, 1.54) is 38.5 Å². The Hall–Kier alpha value is -0.560. The van der Waals surface area contributed by atoms with Gasteiger partial charge in [0.25, 0.3) is 0 Å². The average molecular weight is 272 g/mol. The van der Waals surface area contributed by atoms with Crippen molar-refractivity contribution in [2.75, 3.05) is 0 Å². The SMILES string of the molecule is C[C@]12CC[C@H]3[C@@H](CCC4=CC=CC[C@@]43C)[C@@H]1CC[C@@H]2O. The average Bonchev–Trinajstić information content (AvgIpc) is 2.74. The summed E-state index contributed by atoms with van der Waals surface area (Å²) in [5, 5.41) is 10.4. The maximum atomic E-state index is 10.4. The lowest BCUT2D eigenvalue weighted by Gasteiger charge is -2.57. The van der Waals surface area contributed by atoms with E-state index >= 15 is 0 Å². The molecule has 110 valence electrons. The molecule has 4 aliphatic rings. The minimum absolute atomic E-state index is 0.0375. The zero-order valence-corrected chi connectivity index (χ0v) is 12.9. The molecule has 0 amide bonds. The molecule has 0 heterocycles. The summed E-state index contributed by atoms with van der Waals surface area (Å²) in [6, 6.07) is 0. The molecule has 0 bridgehead atoms. The predicted octanol–water partition coefficient (Wildman–Crippen LogP) is 4.48. The van der Waals surface area contributed by atoms with Crippen LogP contribution in [-0.2, 0) is 0 Å². The van der Waals surface area contributed by atoms with E-state index in [2.05, 4.69) is 32.1 Å². The van der Waals surface area contributed by atoms with E-state index in [1.807, 2.05) is 0 Å². The molecule has 0 aromatic rings. The lowest BCUT2D eigenvalue weighted by Crippen LogP contribution is -2.50. The van der Waals surface area contributed by atoms with Crippen LogP contribution in [0.5, 0.6) is 0 Å². The summed E-state index contributed by atoms with van der Waals surface area (Å²) >= 11 is 0. The first-order valence-electron chi connectivity index (χ1n) is 8.60. The van der Waals surface area contributed by atoms with Crippen LogP contribution < -0.4 is 0 Å². The molecule has 0 radical (unpaired) electrons. The molecule has 1 heteroatoms. The molecular weight excluding hydrogens is 244 g/mol. The third-order valence-electron chi connectivity index (χ3n) is 7.66. The van der Waals surface area contributed by atoms with Crippen LogP contribution in [0.1, 0.15) is 58.8 Å². The van der Waals surface area contributed by atoms with Gasteiger partial charge in [-0.1, -0.05) is 37.6 Å². The van der Waals surface area contributed by atoms with E-state index in [-0.39, 0.29) is 11.5 Å². The topological polar surface area (TPSA) is 20.2 Å². The summed E-state index contributed by atoms with van der Waals surface area (Å²) in [6.45, 7) is 4.90. The van der Waals surface area contributed by atoms with Crippen molar-refractivity contribution < 1.29 is 5.11 Å². The van der Waals surface area contributed by atoms with Crippen molar-refractivity contribution in [2.45, 2.75) is 64.9 Å². The maximum absolute atomic E-state index is 10.4. The molecule has 0 unspecified atom stereocenters. The monoisotopic (exact) mass is 272 g/mol. The van der Waals surface area contributed by atoms with Crippen molar-refractivity contribution in [1.82, 2.24) is 0 Å². The highest BCUT2D eigenvalue weighted by Crippen LogP contribution is 2.64. The lowest BCUT2D eigenvalue weighted by molar-refractivity contribution is -0.0701. The van der Waals surface area contributed by atoms with Crippen molar-refractivity contribution >= 4 is 0 Å². The molecule has 0 aliphatic heterocycles. The van der Waals surface area contributed by atoms with Crippen molar-refractivity contribution in [2.24, 2.45) is 28.6 Å². The number of hydrogen-bond donors (Lipinski definition) is 1. The molecule has 1 nitrogen and oxygen atoms in total. The van der Waals surface area contributed by atoms with Crippen LogP contribution in [0.3, 0.4) is 0 Å². The van der Waals surface area contributed by atoms with Crippen molar-refractivity contribution in [3.8, 4) is 0 Å². The predicted molar refractivity (Wildman–Crippen MR) is 82.2 cm³/mol. The quantitative estimate of drug-likeness (QED) is 0.689. The van der Waals surface area contributed by atoms with Crippen LogP contribution in [0, 0.1) is 28.6 Å². The summed E-state index contributed by atoms with van der Waals surface area (Å²) in [5.41, 5.74) is 2.36. The molecule has 3 saturated carbocycles. The first-order chi connectivity index (χ1) is 9.56. The number of rotatable bonds is 0. The normalized spacial score (nSPS) is 53.9. The Morgan fingerprint density at radius 2 is 1.95 bits per heavy atom. The minimum atomic E-state index is -0.0375. The van der Waals surface area contributed by atoms with E-state index in [9.17, 15) is 5.11 Å². The highest BCUT2D eigenvalue weighted by molar-refractivity contribution is 5.30. The summed E-state index contributed by atoms with van der Waals surface area (Å²) in [7, 11) is 0. The molecule has 4 rings (SSSR count). The van der Waals surface area contributed by atoms with Crippen LogP contribution in [0.25, 0.3) is 0 Å². The molecule has 6 atom stereocenters. The minimum Gasteiger partial charge on any atom is -0.393 e. The zero-order chi connectivity index (χ0) is 14.0. The van der Waals surface area contributed by atoms with Crippen molar-refractivity contribution in [3.63, 3.8) is 0 Å². The van der Waals surface area contributed by atoms with E-state index in [4.69, 9.17) is 0 Å². The Labute approximate surface area is 123 Å². The van der Waals surface area contributed by atoms with Gasteiger partial charge in [-0.05, 0) is 73.5 Å². The van der Waals surface area contributed by atoms with Gasteiger partial charge < -0.3 is 5.11 Å². The fourth-order valence-electron chi connectivity index (χ4n) is 6.35. The van der Waals surface area contributed by atoms with Crippen LogP contribution in [0.4, 0.5) is 0 Å². The number of fused-ring (bicyclic) bond motifs is 5. The van der Waals surface area contributed by atoms with Crippen LogP contribution in [0.15, 0.2) is 23.8 Å². The number of aliphatic hydroxyl groups is 1. The van der Waals surface area contributed by atoms with Crippen LogP contribution in [-0.4, -0.2) is 11.2 Å². The summed E-state index contributed by atoms with van der Waals surface area (Å²) in [5.74, 6) is 2.50. The first kappa shape index (κ1) is 13.1. The van der Waals surface area contributed by atoms with Gasteiger partial charge in [0.2, 0.25) is 0 Å². The number of allylic oxidation sites excluding steroid dienone is 4. The molecule has 0 saturated heterocycles. The van der Waals surface area contributed by atoms with Gasteiger partial charge in [-0.2, -0.15) is 0 Å². The second-order valence-corrected chi connectivity index (χ2v) is 8.29. The second-order valence-electron chi connectivity index (χ2n) is 8.29. The van der Waals surface area contributed by atoms with Crippen LogP contribution in [0.2, 0.25) is 0 Å². The van der Waals surface area contributed by atoms with E-state index < -0.39 is 0 Å². The maximum Gasteiger partial charge on any atom is 0.0596 e. The Balaban J connectivity index is 1.69. The van der Waals surface area contributed by atoms with E-state index in [0.717, 1.165) is 24.2 Å². The third-order valence-corrected chi connectivity index (χ3v) is 7.66. The molecule has 0 aromatic heterocycles. The highest BCUT2D eigenvalue weighted by atomic mass is 16.3. The fraction of sp³-hybridized carbons (Fsp3) is 0.789. The largest absolute Gasteiger partial charge is 0.393 e. The van der Waals surface area contributed by atoms with Gasteiger partial charge in [0.15, 0.2) is 0 Å². The van der Waals surface area contributed by atoms with Gasteiger partial charge in [-0.3, -0.25) is 0 Å². The van der Waals surface area contributed by atoms with E-state index in [1.54, 1.807) is 5.57 Å². The number of aliphatic hydroxyl groups excluding tert-OH is 1. The molecule has 20 heavy (non-hydrogen) atoms. The second kappa shape index (κ2) is 4.22. The Kier molecular flexibility index (Phi) is 2.77. The van der Waals surface area contributed by atoms with Gasteiger partial charge in [-0.15, -0.1) is 0 Å². The smallest absolute Gasteiger partial charge is 0.0596 e. The molecule has 0 spiro atoms. The van der Waals surface area contributed by atoms with E-state index in [0.29, 0.717) is 5.41 Å². The Morgan fingerprint density at radius 1 is 1.10 bits per heavy atom. The van der Waals surface area contributed by atoms with Gasteiger partial charge in [-0.25, -0.2) is 0 Å². The molecular formula is C19H28O. The molecule has 4 aliphatic carbocycles. The summed E-state index contributed by atoms with van der Waals surface area (Å²) in [4.78, 5) is 0. The summed E-state index contributed by atoms with van der Waals surface area (Å²) in [6.07, 6.45) is 15.8. The van der Waals surface area contributed by atoms with Gasteiger partial charge >= 0.3 is 0 Å². The standard InChI is InChI=1S/C19H28O/c1-18-11-4-3-5-13(18)6-7-14-15-8-9-17(20)19(15,2)12-10-16(14)18/h3-5,14-17,20H,6-12H2,1-2H3/t14-,15-,16-,17-,18-,19-/m0/s1. The first-order valence-corrected chi connectivity index (χ1v) is 8.60. The summed E-state index contributed by atoms with van der Waals surface area (Å²) < 4.78 is 0. The lowest BCUT2D eigenvalue weighted by atomic mass is 9.48. The third kappa shape index (κ3) is 1.53. The number of hydrogen-bond acceptors (Lipinski definition) is 1. The van der Waals surface area contributed by atoms with Gasteiger partial charge in [0.05, 0.1) is 6.10 Å². The molecule has 0 aromatic carbocycles. The Bertz CT molecular complexity index is 476. The van der Waals surface area contributed by atoms with Crippen LogP contribution >= 0.6 is 0 Å². The van der Waals surface area contributed by atoms with Crippen molar-refractivity contribution in [1.29, 1.82) is 0 Å². The van der Waals surface area contributed by atoms with Gasteiger partial charge in [0, 0.05) is 0 Å². The molecule has 1 N–H and O–H groups in total. The van der Waals surface area contributed by atoms with Crippen molar-refractivity contribution in [3.05, 3.63) is 23.8 Å². The van der Waals surface area contributed by atoms with Gasteiger partial charge in [0.1, 0.15) is 0 Å². The highest BCUT2D eigenvalue weighted by Gasteiger charge is 2.58. The fourth-order valence-corrected chi connectivity index (χ4v) is 6.35. The zero-order valence-electron chi connectivity index (χ0n) is 12.9. The molecule has 3 fully saturated rings.